The van der Waals surface area contributed by atoms with E-state index in [0.29, 0.717) is 18.9 Å². The zero-order valence-electron chi connectivity index (χ0n) is 17.0. The fourth-order valence-corrected chi connectivity index (χ4v) is 3.16. The van der Waals surface area contributed by atoms with Gasteiger partial charge >= 0.3 is 0 Å². The highest BCUT2D eigenvalue weighted by Crippen LogP contribution is 2.24. The molecule has 0 aliphatic carbocycles. The van der Waals surface area contributed by atoms with Crippen molar-refractivity contribution in [3.05, 3.63) is 59.0 Å². The number of hydrogen-bond acceptors (Lipinski definition) is 5. The minimum atomic E-state index is -0.192. The first-order chi connectivity index (χ1) is 13.4. The van der Waals surface area contributed by atoms with Crippen LogP contribution < -0.4 is 0 Å². The first-order valence-corrected chi connectivity index (χ1v) is 9.21. The summed E-state index contributed by atoms with van der Waals surface area (Å²) in [5.74, 6) is 0.339. The summed E-state index contributed by atoms with van der Waals surface area (Å²) in [5.41, 5.74) is 4.25. The third-order valence-electron chi connectivity index (χ3n) is 4.87. The van der Waals surface area contributed by atoms with Crippen molar-refractivity contribution in [2.75, 3.05) is 13.7 Å². The van der Waals surface area contributed by atoms with Gasteiger partial charge in [0, 0.05) is 32.5 Å². The molecule has 0 N–H and O–H groups in total. The number of ether oxygens (including phenoxy) is 1. The van der Waals surface area contributed by atoms with Crippen LogP contribution in [0.3, 0.4) is 0 Å². The van der Waals surface area contributed by atoms with Crippen molar-refractivity contribution in [1.82, 2.24) is 19.8 Å². The average Bonchev–Trinajstić information content (AvgIpc) is 3.27. The van der Waals surface area contributed by atoms with E-state index < -0.39 is 0 Å². The maximum atomic E-state index is 13.2. The van der Waals surface area contributed by atoms with Gasteiger partial charge < -0.3 is 14.2 Å². The summed E-state index contributed by atoms with van der Waals surface area (Å²) in [4.78, 5) is 15.0. The van der Waals surface area contributed by atoms with E-state index in [0.717, 1.165) is 22.4 Å². The van der Waals surface area contributed by atoms with Gasteiger partial charge in [-0.2, -0.15) is 5.10 Å². The second-order valence-electron chi connectivity index (χ2n) is 7.07. The van der Waals surface area contributed by atoms with Gasteiger partial charge in [0.25, 0.3) is 5.91 Å². The Labute approximate surface area is 164 Å². The van der Waals surface area contributed by atoms with Gasteiger partial charge in [-0.1, -0.05) is 35.0 Å². The number of amides is 1. The molecule has 0 fully saturated rings. The summed E-state index contributed by atoms with van der Waals surface area (Å²) in [7, 11) is 3.49. The molecule has 2 heterocycles. The Morgan fingerprint density at radius 3 is 2.75 bits per heavy atom. The Balaban J connectivity index is 1.87. The molecule has 1 unspecified atom stereocenters. The van der Waals surface area contributed by atoms with Gasteiger partial charge in [-0.15, -0.1) is 0 Å². The smallest absolute Gasteiger partial charge is 0.276 e. The van der Waals surface area contributed by atoms with E-state index in [1.54, 1.807) is 29.0 Å². The molecule has 3 rings (SSSR count). The molecule has 7 nitrogen and oxygen atoms in total. The van der Waals surface area contributed by atoms with Gasteiger partial charge in [-0.05, 0) is 26.3 Å². The second kappa shape index (κ2) is 8.39. The summed E-state index contributed by atoms with van der Waals surface area (Å²) in [6.07, 6.45) is 1.71. The average molecular weight is 382 g/mol. The Hall–Kier alpha value is -2.93. The summed E-state index contributed by atoms with van der Waals surface area (Å²) in [6, 6.07) is 9.68. The van der Waals surface area contributed by atoms with Crippen LogP contribution in [0.4, 0.5) is 0 Å². The van der Waals surface area contributed by atoms with Crippen LogP contribution in [0.1, 0.15) is 34.2 Å². The molecule has 0 saturated carbocycles. The summed E-state index contributed by atoms with van der Waals surface area (Å²) in [6.45, 7) is 6.85. The lowest BCUT2D eigenvalue weighted by Gasteiger charge is -2.28. The fraction of sp³-hybridized carbons (Fsp3) is 0.381. The number of hydrogen-bond donors (Lipinski definition) is 0. The molecule has 2 aromatic heterocycles. The zero-order chi connectivity index (χ0) is 20.3. The number of carbonyl (C=O) groups excluding carboxylic acids is 1. The molecule has 1 amide bonds. The largest absolute Gasteiger partial charge is 0.383 e. The molecule has 0 spiro atoms. The van der Waals surface area contributed by atoms with Crippen LogP contribution in [0.5, 0.6) is 0 Å². The molecule has 0 saturated heterocycles. The van der Waals surface area contributed by atoms with Crippen LogP contribution in [-0.2, 0) is 18.3 Å². The standard InChI is InChI=1S/C21H26N4O3/c1-14-7-6-8-17(9-14)12-25(15(2)13-27-5)21(26)19-10-20(28-23-19)18-11-22-24(4)16(18)3/h6-11,15H,12-13H2,1-5H3. The first-order valence-electron chi connectivity index (χ1n) is 9.21. The minimum absolute atomic E-state index is 0.113. The zero-order valence-corrected chi connectivity index (χ0v) is 17.0. The van der Waals surface area contributed by atoms with E-state index in [1.165, 1.54) is 0 Å². The van der Waals surface area contributed by atoms with Crippen molar-refractivity contribution >= 4 is 5.91 Å². The predicted molar refractivity (Wildman–Crippen MR) is 106 cm³/mol. The molecule has 0 radical (unpaired) electrons. The number of carbonyl (C=O) groups is 1. The molecule has 7 heteroatoms. The molecule has 148 valence electrons. The van der Waals surface area contributed by atoms with E-state index in [1.807, 2.05) is 46.0 Å². The number of nitrogens with zero attached hydrogens (tertiary/aromatic N) is 4. The minimum Gasteiger partial charge on any atom is -0.383 e. The Morgan fingerprint density at radius 2 is 2.11 bits per heavy atom. The maximum Gasteiger partial charge on any atom is 0.276 e. The van der Waals surface area contributed by atoms with Crippen LogP contribution in [0.25, 0.3) is 11.3 Å². The van der Waals surface area contributed by atoms with E-state index in [2.05, 4.69) is 16.3 Å². The predicted octanol–water partition coefficient (Wildman–Crippen LogP) is 3.37. The highest BCUT2D eigenvalue weighted by Gasteiger charge is 2.25. The van der Waals surface area contributed by atoms with Gasteiger partial charge in [0.1, 0.15) is 0 Å². The Bertz CT molecular complexity index is 960. The van der Waals surface area contributed by atoms with Crippen LogP contribution in [-0.4, -0.2) is 45.5 Å². The van der Waals surface area contributed by atoms with Gasteiger partial charge in [-0.3, -0.25) is 9.48 Å². The van der Waals surface area contributed by atoms with E-state index in [9.17, 15) is 4.79 Å². The molecule has 1 aromatic carbocycles. The van der Waals surface area contributed by atoms with E-state index in [-0.39, 0.29) is 17.6 Å². The van der Waals surface area contributed by atoms with Gasteiger partial charge in [-0.25, -0.2) is 0 Å². The molecule has 0 aliphatic heterocycles. The number of rotatable bonds is 7. The summed E-state index contributed by atoms with van der Waals surface area (Å²) < 4.78 is 12.5. The molecule has 0 aliphatic rings. The maximum absolute atomic E-state index is 13.2. The quantitative estimate of drug-likeness (QED) is 0.626. The van der Waals surface area contributed by atoms with Gasteiger partial charge in [0.15, 0.2) is 11.5 Å². The van der Waals surface area contributed by atoms with Crippen molar-refractivity contribution in [2.24, 2.45) is 7.05 Å². The van der Waals surface area contributed by atoms with Crippen molar-refractivity contribution in [3.8, 4) is 11.3 Å². The highest BCUT2D eigenvalue weighted by atomic mass is 16.5. The number of benzene rings is 1. The van der Waals surface area contributed by atoms with Crippen LogP contribution in [0.15, 0.2) is 41.1 Å². The van der Waals surface area contributed by atoms with Gasteiger partial charge in [0.05, 0.1) is 24.4 Å². The molecule has 1 atom stereocenters. The topological polar surface area (TPSA) is 73.4 Å². The van der Waals surface area contributed by atoms with Crippen molar-refractivity contribution in [3.63, 3.8) is 0 Å². The summed E-state index contributed by atoms with van der Waals surface area (Å²) >= 11 is 0. The molecule has 28 heavy (non-hydrogen) atoms. The normalized spacial score (nSPS) is 12.2. The first kappa shape index (κ1) is 19.8. The second-order valence-corrected chi connectivity index (χ2v) is 7.07. The number of aromatic nitrogens is 3. The van der Waals surface area contributed by atoms with Crippen molar-refractivity contribution in [1.29, 1.82) is 0 Å². The number of aryl methyl sites for hydroxylation is 2. The van der Waals surface area contributed by atoms with E-state index >= 15 is 0 Å². The Kier molecular flexibility index (Phi) is 5.94. The van der Waals surface area contributed by atoms with Crippen LogP contribution in [0, 0.1) is 13.8 Å². The lowest BCUT2D eigenvalue weighted by atomic mass is 10.1. The van der Waals surface area contributed by atoms with Crippen LogP contribution >= 0.6 is 0 Å². The van der Waals surface area contributed by atoms with E-state index in [4.69, 9.17) is 9.26 Å². The lowest BCUT2D eigenvalue weighted by molar-refractivity contribution is 0.0532. The SMILES string of the molecule is COCC(C)N(Cc1cccc(C)c1)C(=O)c1cc(-c2cnn(C)c2C)on1. The van der Waals surface area contributed by atoms with Crippen molar-refractivity contribution < 1.29 is 14.1 Å². The third-order valence-corrected chi connectivity index (χ3v) is 4.87. The monoisotopic (exact) mass is 382 g/mol. The molecule has 0 bridgehead atoms. The van der Waals surface area contributed by atoms with Crippen molar-refractivity contribution in [2.45, 2.75) is 33.4 Å². The number of methoxy groups -OCH3 is 1. The molecular formula is C21H26N4O3. The summed E-state index contributed by atoms with van der Waals surface area (Å²) in [5, 5.41) is 8.24. The third kappa shape index (κ3) is 4.14. The molecule has 3 aromatic rings. The highest BCUT2D eigenvalue weighted by molar-refractivity contribution is 5.93. The van der Waals surface area contributed by atoms with Crippen LogP contribution in [0.2, 0.25) is 0 Å². The molecular weight excluding hydrogens is 356 g/mol. The van der Waals surface area contributed by atoms with Gasteiger partial charge in [0.2, 0.25) is 0 Å². The Morgan fingerprint density at radius 1 is 1.32 bits per heavy atom. The lowest BCUT2D eigenvalue weighted by Crippen LogP contribution is -2.40. The fourth-order valence-electron chi connectivity index (χ4n) is 3.16.